The molecule has 0 radical (unpaired) electrons. The number of carbonyl (C=O) groups excluding carboxylic acids is 3. The summed E-state index contributed by atoms with van der Waals surface area (Å²) in [7, 11) is 0. The number of fused-ring (bicyclic) bond motifs is 2. The molecule has 1 saturated heterocycles. The number of rotatable bonds is 8. The molecule has 5 rings (SSSR count). The summed E-state index contributed by atoms with van der Waals surface area (Å²) in [6.45, 7) is 5.43. The third-order valence-electron chi connectivity index (χ3n) is 7.30. The van der Waals surface area contributed by atoms with Crippen LogP contribution < -0.4 is 21.3 Å². The second kappa shape index (κ2) is 11.2. The van der Waals surface area contributed by atoms with E-state index in [-0.39, 0.29) is 37.2 Å². The number of nitrogens with one attached hydrogen (secondary N) is 4. The molecule has 10 heteroatoms. The Morgan fingerprint density at radius 2 is 1.74 bits per heavy atom. The predicted octanol–water partition coefficient (Wildman–Crippen LogP) is 1.83. The van der Waals surface area contributed by atoms with Gasteiger partial charge < -0.3 is 21.3 Å². The van der Waals surface area contributed by atoms with Gasteiger partial charge >= 0.3 is 0 Å². The van der Waals surface area contributed by atoms with Crippen molar-refractivity contribution in [2.24, 2.45) is 0 Å². The van der Waals surface area contributed by atoms with Crippen LogP contribution >= 0.6 is 0 Å². The summed E-state index contributed by atoms with van der Waals surface area (Å²) >= 11 is 0. The van der Waals surface area contributed by atoms with Gasteiger partial charge in [-0.05, 0) is 56.1 Å². The number of aromatic nitrogens is 3. The van der Waals surface area contributed by atoms with E-state index in [1.54, 1.807) is 4.52 Å². The highest BCUT2D eigenvalue weighted by atomic mass is 16.2. The highest BCUT2D eigenvalue weighted by Crippen LogP contribution is 2.21. The lowest BCUT2D eigenvalue weighted by Gasteiger charge is -2.37. The number of aryl methyl sites for hydroxylation is 2. The molecule has 4 N–H and O–H groups in total. The lowest BCUT2D eigenvalue weighted by molar-refractivity contribution is -0.128. The standard InChI is InChI=1S/C29H33N7O3/c1-19-16-25-33-18-24(20(2)36(25)35-19)27(38)34-29(10-12-30-13-11-29)28(39)32-15-14-31-26(37)17-22-8-5-7-21-6-3-4-9-23(21)22/h3-9,16,18,30H,10-15,17H2,1-2H3,(H,31,37)(H,32,39)(H,34,38). The molecule has 10 nitrogen and oxygen atoms in total. The summed E-state index contributed by atoms with van der Waals surface area (Å²) in [5, 5.41) is 18.6. The van der Waals surface area contributed by atoms with Crippen LogP contribution in [0, 0.1) is 13.8 Å². The van der Waals surface area contributed by atoms with Gasteiger partial charge in [-0.1, -0.05) is 42.5 Å². The van der Waals surface area contributed by atoms with E-state index < -0.39 is 5.54 Å². The summed E-state index contributed by atoms with van der Waals surface area (Å²) in [5.74, 6) is -0.740. The summed E-state index contributed by atoms with van der Waals surface area (Å²) < 4.78 is 1.64. The van der Waals surface area contributed by atoms with Gasteiger partial charge in [0, 0.05) is 25.4 Å². The fourth-order valence-electron chi connectivity index (χ4n) is 5.16. The molecule has 2 aromatic carbocycles. The molecule has 0 atom stereocenters. The predicted molar refractivity (Wildman–Crippen MR) is 148 cm³/mol. The van der Waals surface area contributed by atoms with E-state index in [4.69, 9.17) is 0 Å². The molecule has 0 bridgehead atoms. The van der Waals surface area contributed by atoms with Gasteiger partial charge in [0.2, 0.25) is 11.8 Å². The number of hydrogen-bond donors (Lipinski definition) is 4. The molecule has 4 aromatic rings. The molecule has 0 spiro atoms. The molecule has 1 fully saturated rings. The van der Waals surface area contributed by atoms with Crippen molar-refractivity contribution in [2.75, 3.05) is 26.2 Å². The van der Waals surface area contributed by atoms with E-state index in [0.717, 1.165) is 22.0 Å². The van der Waals surface area contributed by atoms with Gasteiger partial charge in [-0.2, -0.15) is 5.10 Å². The van der Waals surface area contributed by atoms with Crippen molar-refractivity contribution in [3.05, 3.63) is 77.2 Å². The highest BCUT2D eigenvalue weighted by molar-refractivity contribution is 6.00. The van der Waals surface area contributed by atoms with E-state index in [9.17, 15) is 14.4 Å². The molecular weight excluding hydrogens is 494 g/mol. The van der Waals surface area contributed by atoms with E-state index in [1.165, 1.54) is 6.20 Å². The van der Waals surface area contributed by atoms with Crippen LogP contribution in [0.1, 0.15) is 40.2 Å². The van der Waals surface area contributed by atoms with Crippen molar-refractivity contribution in [3.8, 4) is 0 Å². The molecule has 3 amide bonds. The minimum Gasteiger partial charge on any atom is -0.354 e. The van der Waals surface area contributed by atoms with Crippen molar-refractivity contribution in [3.63, 3.8) is 0 Å². The lowest BCUT2D eigenvalue weighted by Crippen LogP contribution is -2.63. The van der Waals surface area contributed by atoms with Crippen LogP contribution in [0.15, 0.2) is 54.7 Å². The SMILES string of the molecule is Cc1cc2ncc(C(=O)NC3(C(=O)NCCNC(=O)Cc4cccc5ccccc45)CCNCC3)c(C)n2n1. The Morgan fingerprint density at radius 1 is 1.00 bits per heavy atom. The summed E-state index contributed by atoms with van der Waals surface area (Å²) in [5.41, 5.74) is 2.40. The third-order valence-corrected chi connectivity index (χ3v) is 7.30. The Hall–Kier alpha value is -4.31. The maximum absolute atomic E-state index is 13.4. The van der Waals surface area contributed by atoms with Crippen molar-refractivity contribution in [2.45, 2.75) is 38.6 Å². The van der Waals surface area contributed by atoms with E-state index in [0.29, 0.717) is 42.8 Å². The van der Waals surface area contributed by atoms with Crippen LogP contribution in [0.4, 0.5) is 0 Å². The molecular formula is C29H33N7O3. The van der Waals surface area contributed by atoms with Gasteiger partial charge in [0.25, 0.3) is 5.91 Å². The number of amides is 3. The largest absolute Gasteiger partial charge is 0.354 e. The van der Waals surface area contributed by atoms with E-state index >= 15 is 0 Å². The van der Waals surface area contributed by atoms with Crippen LogP contribution in [-0.2, 0) is 16.0 Å². The van der Waals surface area contributed by atoms with Crippen molar-refractivity contribution >= 4 is 34.1 Å². The van der Waals surface area contributed by atoms with Gasteiger partial charge in [-0.25, -0.2) is 9.50 Å². The van der Waals surface area contributed by atoms with Crippen LogP contribution in [0.5, 0.6) is 0 Å². The van der Waals surface area contributed by atoms with Crippen LogP contribution in [-0.4, -0.2) is 64.0 Å². The normalized spacial score (nSPS) is 14.7. The monoisotopic (exact) mass is 527 g/mol. The van der Waals surface area contributed by atoms with Gasteiger partial charge in [-0.15, -0.1) is 0 Å². The van der Waals surface area contributed by atoms with Crippen molar-refractivity contribution in [1.82, 2.24) is 35.9 Å². The molecule has 39 heavy (non-hydrogen) atoms. The second-order valence-electron chi connectivity index (χ2n) is 10.0. The maximum atomic E-state index is 13.4. The molecule has 0 saturated carbocycles. The van der Waals surface area contributed by atoms with Gasteiger partial charge in [-0.3, -0.25) is 14.4 Å². The van der Waals surface area contributed by atoms with E-state index in [2.05, 4.69) is 31.3 Å². The second-order valence-corrected chi connectivity index (χ2v) is 10.0. The number of hydrogen-bond acceptors (Lipinski definition) is 6. The Labute approximate surface area is 226 Å². The molecule has 0 unspecified atom stereocenters. The highest BCUT2D eigenvalue weighted by Gasteiger charge is 2.41. The number of benzene rings is 2. The molecule has 3 heterocycles. The topological polar surface area (TPSA) is 130 Å². The number of nitrogens with zero attached hydrogens (tertiary/aromatic N) is 3. The Bertz CT molecular complexity index is 1530. The molecule has 202 valence electrons. The van der Waals surface area contributed by atoms with Crippen LogP contribution in [0.25, 0.3) is 16.4 Å². The first kappa shape index (κ1) is 26.3. The Kier molecular flexibility index (Phi) is 7.56. The lowest BCUT2D eigenvalue weighted by atomic mass is 9.86. The number of carbonyl (C=O) groups is 3. The first-order chi connectivity index (χ1) is 18.9. The smallest absolute Gasteiger partial charge is 0.255 e. The molecule has 2 aromatic heterocycles. The van der Waals surface area contributed by atoms with Gasteiger partial charge in [0.05, 0.1) is 23.4 Å². The quantitative estimate of drug-likeness (QED) is 0.259. The fraction of sp³-hybridized carbons (Fsp3) is 0.345. The van der Waals surface area contributed by atoms with Crippen LogP contribution in [0.3, 0.4) is 0 Å². The maximum Gasteiger partial charge on any atom is 0.255 e. The molecule has 1 aliphatic heterocycles. The first-order valence-corrected chi connectivity index (χ1v) is 13.2. The summed E-state index contributed by atoms with van der Waals surface area (Å²) in [4.78, 5) is 43.6. The zero-order chi connectivity index (χ0) is 27.4. The third kappa shape index (κ3) is 5.61. The Morgan fingerprint density at radius 3 is 2.56 bits per heavy atom. The van der Waals surface area contributed by atoms with Crippen molar-refractivity contribution in [1.29, 1.82) is 0 Å². The van der Waals surface area contributed by atoms with Gasteiger partial charge in [0.15, 0.2) is 5.65 Å². The number of piperidine rings is 1. The average molecular weight is 528 g/mol. The average Bonchev–Trinajstić information content (AvgIpc) is 3.33. The minimum atomic E-state index is -1.06. The zero-order valence-electron chi connectivity index (χ0n) is 22.2. The van der Waals surface area contributed by atoms with Gasteiger partial charge in [0.1, 0.15) is 5.54 Å². The molecule has 0 aliphatic carbocycles. The van der Waals surface area contributed by atoms with Crippen molar-refractivity contribution < 1.29 is 14.4 Å². The first-order valence-electron chi connectivity index (χ1n) is 13.2. The van der Waals surface area contributed by atoms with E-state index in [1.807, 2.05) is 62.4 Å². The summed E-state index contributed by atoms with van der Waals surface area (Å²) in [6.07, 6.45) is 2.69. The minimum absolute atomic E-state index is 0.113. The summed E-state index contributed by atoms with van der Waals surface area (Å²) in [6, 6.07) is 15.7. The zero-order valence-corrected chi connectivity index (χ0v) is 22.2. The Balaban J connectivity index is 1.19. The molecule has 1 aliphatic rings. The van der Waals surface area contributed by atoms with Crippen LogP contribution in [0.2, 0.25) is 0 Å². The fourth-order valence-corrected chi connectivity index (χ4v) is 5.16.